The second-order valence-corrected chi connectivity index (χ2v) is 5.63. The van der Waals surface area contributed by atoms with Crippen LogP contribution >= 0.6 is 11.8 Å². The van der Waals surface area contributed by atoms with E-state index in [-0.39, 0.29) is 0 Å². The zero-order valence-electron chi connectivity index (χ0n) is 10.2. The number of nitrogens with zero attached hydrogens (tertiary/aromatic N) is 2. The van der Waals surface area contributed by atoms with Crippen LogP contribution in [0.1, 0.15) is 17.2 Å². The quantitative estimate of drug-likeness (QED) is 0.857. The highest BCUT2D eigenvalue weighted by Crippen LogP contribution is 2.40. The fourth-order valence-corrected chi connectivity index (χ4v) is 3.75. The molecule has 1 heterocycles. The predicted octanol–water partition coefficient (Wildman–Crippen LogP) is 2.45. The number of fused-ring (bicyclic) bond motifs is 1. The Balaban J connectivity index is 1.83. The molecule has 1 aliphatic carbocycles. The summed E-state index contributed by atoms with van der Waals surface area (Å²) in [5.74, 6) is 0. The average molecular weight is 257 g/mol. The maximum atomic E-state index is 4.30. The number of aromatic nitrogens is 2. The second kappa shape index (κ2) is 5.08. The Bertz CT molecular complexity index is 530. The van der Waals surface area contributed by atoms with E-state index in [1.807, 2.05) is 24.9 Å². The summed E-state index contributed by atoms with van der Waals surface area (Å²) in [7, 11) is 2.03. The van der Waals surface area contributed by atoms with Gasteiger partial charge in [0.15, 0.2) is 0 Å². The van der Waals surface area contributed by atoms with Gasteiger partial charge >= 0.3 is 0 Å². The highest BCUT2D eigenvalue weighted by molar-refractivity contribution is 7.99. The molecule has 18 heavy (non-hydrogen) atoms. The van der Waals surface area contributed by atoms with Gasteiger partial charge in [0.25, 0.3) is 0 Å². The molecule has 0 amide bonds. The van der Waals surface area contributed by atoms with Crippen LogP contribution in [0.15, 0.2) is 47.9 Å². The van der Waals surface area contributed by atoms with Crippen molar-refractivity contribution in [1.29, 1.82) is 0 Å². The molecular formula is C14H15N3S. The molecule has 1 aromatic heterocycles. The van der Waals surface area contributed by atoms with Gasteiger partial charge in [-0.05, 0) is 30.7 Å². The van der Waals surface area contributed by atoms with Crippen LogP contribution in [0.25, 0.3) is 0 Å². The number of hydrogen-bond acceptors (Lipinski definition) is 4. The minimum absolute atomic E-state index is 0.404. The molecule has 92 valence electrons. The highest BCUT2D eigenvalue weighted by atomic mass is 32.2. The first-order valence-electron chi connectivity index (χ1n) is 6.06. The van der Waals surface area contributed by atoms with Crippen LogP contribution in [0, 0.1) is 0 Å². The molecule has 2 unspecified atom stereocenters. The smallest absolute Gasteiger partial charge is 0.116 e. The van der Waals surface area contributed by atoms with Gasteiger partial charge < -0.3 is 5.32 Å². The molecule has 0 aliphatic heterocycles. The Morgan fingerprint density at radius 1 is 1.28 bits per heavy atom. The first kappa shape index (κ1) is 11.7. The Kier molecular flexibility index (Phi) is 3.30. The predicted molar refractivity (Wildman–Crippen MR) is 73.6 cm³/mol. The van der Waals surface area contributed by atoms with Crippen molar-refractivity contribution in [2.24, 2.45) is 0 Å². The van der Waals surface area contributed by atoms with Gasteiger partial charge in [0.05, 0.1) is 5.03 Å². The summed E-state index contributed by atoms with van der Waals surface area (Å²) in [6.07, 6.45) is 4.50. The molecule has 1 aromatic carbocycles. The zero-order valence-corrected chi connectivity index (χ0v) is 11.0. The lowest BCUT2D eigenvalue weighted by molar-refractivity contribution is 0.603. The van der Waals surface area contributed by atoms with E-state index >= 15 is 0 Å². The standard InChI is InChI=1S/C14H15N3S/c1-15-14-11-5-3-2-4-10(11)8-12(14)18-13-6-7-16-9-17-13/h2-7,9,12,14-15H,8H2,1H3. The first-order valence-corrected chi connectivity index (χ1v) is 6.94. The molecule has 1 aliphatic rings. The summed E-state index contributed by atoms with van der Waals surface area (Å²) in [4.78, 5) is 8.26. The summed E-state index contributed by atoms with van der Waals surface area (Å²) in [5, 5.41) is 4.97. The lowest BCUT2D eigenvalue weighted by Gasteiger charge is -2.18. The molecule has 1 N–H and O–H groups in total. The van der Waals surface area contributed by atoms with Gasteiger partial charge in [-0.3, -0.25) is 0 Å². The van der Waals surface area contributed by atoms with Gasteiger partial charge in [-0.1, -0.05) is 24.3 Å². The van der Waals surface area contributed by atoms with E-state index in [0.717, 1.165) is 11.4 Å². The third-order valence-electron chi connectivity index (χ3n) is 3.32. The molecule has 2 aromatic rings. The van der Waals surface area contributed by atoms with Crippen molar-refractivity contribution in [3.05, 3.63) is 54.0 Å². The van der Waals surface area contributed by atoms with E-state index in [9.17, 15) is 0 Å². The van der Waals surface area contributed by atoms with Crippen LogP contribution in [-0.4, -0.2) is 22.3 Å². The maximum Gasteiger partial charge on any atom is 0.116 e. The molecule has 0 saturated heterocycles. The second-order valence-electron chi connectivity index (χ2n) is 4.37. The SMILES string of the molecule is CNC1c2ccccc2CC1Sc1ccncn1. The maximum absolute atomic E-state index is 4.30. The highest BCUT2D eigenvalue weighted by Gasteiger charge is 2.31. The lowest BCUT2D eigenvalue weighted by Crippen LogP contribution is -2.23. The molecule has 3 nitrogen and oxygen atoms in total. The molecule has 0 radical (unpaired) electrons. The Labute approximate surface area is 111 Å². The molecule has 4 heteroatoms. The van der Waals surface area contributed by atoms with Crippen LogP contribution in [0.2, 0.25) is 0 Å². The van der Waals surface area contributed by atoms with E-state index < -0.39 is 0 Å². The fourth-order valence-electron chi connectivity index (χ4n) is 2.51. The largest absolute Gasteiger partial charge is 0.312 e. The third-order valence-corrected chi connectivity index (χ3v) is 4.55. The van der Waals surface area contributed by atoms with Crippen LogP contribution in [0.5, 0.6) is 0 Å². The Morgan fingerprint density at radius 2 is 2.17 bits per heavy atom. The summed E-state index contributed by atoms with van der Waals surface area (Å²) >= 11 is 1.83. The molecular weight excluding hydrogens is 242 g/mol. The lowest BCUT2D eigenvalue weighted by atomic mass is 10.1. The summed E-state index contributed by atoms with van der Waals surface area (Å²) < 4.78 is 0. The van der Waals surface area contributed by atoms with Gasteiger partial charge in [-0.15, -0.1) is 11.8 Å². The van der Waals surface area contributed by atoms with Crippen LogP contribution < -0.4 is 5.32 Å². The van der Waals surface area contributed by atoms with Crippen molar-refractivity contribution >= 4 is 11.8 Å². The molecule has 0 fully saturated rings. The van der Waals surface area contributed by atoms with E-state index in [1.54, 1.807) is 12.5 Å². The summed E-state index contributed by atoms with van der Waals surface area (Å²) in [6, 6.07) is 11.0. The van der Waals surface area contributed by atoms with Crippen LogP contribution in [0.3, 0.4) is 0 Å². The average Bonchev–Trinajstić information content (AvgIpc) is 2.77. The van der Waals surface area contributed by atoms with Crippen molar-refractivity contribution in [2.75, 3.05) is 7.05 Å². The Hall–Kier alpha value is -1.39. The summed E-state index contributed by atoms with van der Waals surface area (Å²) in [6.45, 7) is 0. The number of nitrogens with one attached hydrogen (secondary N) is 1. The van der Waals surface area contributed by atoms with E-state index in [0.29, 0.717) is 11.3 Å². The van der Waals surface area contributed by atoms with Gasteiger partial charge in [0, 0.05) is 17.5 Å². The van der Waals surface area contributed by atoms with Gasteiger partial charge in [-0.2, -0.15) is 0 Å². The third kappa shape index (κ3) is 2.13. The zero-order chi connectivity index (χ0) is 12.4. The van der Waals surface area contributed by atoms with Crippen LogP contribution in [-0.2, 0) is 6.42 Å². The first-order chi connectivity index (χ1) is 8.88. The van der Waals surface area contributed by atoms with Gasteiger partial charge in [-0.25, -0.2) is 9.97 Å². The number of hydrogen-bond donors (Lipinski definition) is 1. The van der Waals surface area contributed by atoms with Crippen molar-refractivity contribution < 1.29 is 0 Å². The van der Waals surface area contributed by atoms with Crippen molar-refractivity contribution in [1.82, 2.24) is 15.3 Å². The normalized spacial score (nSPS) is 21.8. The number of benzene rings is 1. The molecule has 3 rings (SSSR count). The van der Waals surface area contributed by atoms with E-state index in [2.05, 4.69) is 39.6 Å². The van der Waals surface area contributed by atoms with Gasteiger partial charge in [0.2, 0.25) is 0 Å². The number of thioether (sulfide) groups is 1. The molecule has 2 atom stereocenters. The molecule has 0 spiro atoms. The van der Waals surface area contributed by atoms with Crippen LogP contribution in [0.4, 0.5) is 0 Å². The van der Waals surface area contributed by atoms with E-state index in [1.165, 1.54) is 11.1 Å². The number of rotatable bonds is 3. The van der Waals surface area contributed by atoms with Gasteiger partial charge in [0.1, 0.15) is 6.33 Å². The monoisotopic (exact) mass is 257 g/mol. The molecule has 0 saturated carbocycles. The van der Waals surface area contributed by atoms with Crippen molar-refractivity contribution in [3.8, 4) is 0 Å². The topological polar surface area (TPSA) is 37.8 Å². The minimum atomic E-state index is 0.404. The summed E-state index contributed by atoms with van der Waals surface area (Å²) in [5.41, 5.74) is 2.87. The van der Waals surface area contributed by atoms with Crippen molar-refractivity contribution in [2.45, 2.75) is 22.7 Å². The van der Waals surface area contributed by atoms with Crippen molar-refractivity contribution in [3.63, 3.8) is 0 Å². The minimum Gasteiger partial charge on any atom is -0.312 e. The fraction of sp³-hybridized carbons (Fsp3) is 0.286. The molecule has 0 bridgehead atoms. The Morgan fingerprint density at radius 3 is 2.94 bits per heavy atom. The van der Waals surface area contributed by atoms with E-state index in [4.69, 9.17) is 0 Å².